The molecule has 42 heavy (non-hydrogen) atoms. The van der Waals surface area contributed by atoms with Crippen LogP contribution in [0.5, 0.6) is 0 Å². The van der Waals surface area contributed by atoms with Crippen LogP contribution < -0.4 is 0 Å². The number of hydrogen-bond donors (Lipinski definition) is 0. The van der Waals surface area contributed by atoms with Crippen LogP contribution in [-0.2, 0) is 0 Å². The monoisotopic (exact) mass is 586 g/mol. The first-order valence-corrected chi connectivity index (χ1v) is 12.1. The van der Waals surface area contributed by atoms with Crippen LogP contribution in [-0.4, -0.2) is 0 Å². The van der Waals surface area contributed by atoms with E-state index in [0.717, 1.165) is 12.1 Å². The highest BCUT2D eigenvalue weighted by molar-refractivity contribution is 6.21. The molecule has 0 spiro atoms. The third kappa shape index (κ3) is 3.85. The van der Waals surface area contributed by atoms with Crippen molar-refractivity contribution in [1.82, 2.24) is 0 Å². The molecule has 0 aromatic heterocycles. The highest BCUT2D eigenvalue weighted by Gasteiger charge is 2.30. The molecule has 0 nitrogen and oxygen atoms in total. The lowest BCUT2D eigenvalue weighted by Gasteiger charge is -2.19. The lowest BCUT2D eigenvalue weighted by atomic mass is 9.85. The summed E-state index contributed by atoms with van der Waals surface area (Å²) in [6, 6.07) is 17.1. The topological polar surface area (TPSA) is 0 Å². The summed E-state index contributed by atoms with van der Waals surface area (Å²) < 4.78 is 142. The second-order valence-corrected chi connectivity index (χ2v) is 9.31. The molecule has 0 fully saturated rings. The molecule has 0 saturated heterocycles. The maximum atomic E-state index is 15.1. The Labute approximate surface area is 230 Å². The standard InChI is InChI=1S/C32H12F10/c33-23-20(24(34)28(38)31(41)27(23)37)14-11-9-13(10-12-14)19-15-5-1-3-7-17(15)21(18-8-4-2-6-16(18)19)22-25(35)29(39)32(42)30(40)26(22)36/h1-12H. The molecule has 0 aliphatic rings. The van der Waals surface area contributed by atoms with Crippen molar-refractivity contribution in [1.29, 1.82) is 0 Å². The largest absolute Gasteiger partial charge is 0.203 e. The van der Waals surface area contributed by atoms with Gasteiger partial charge in [0.1, 0.15) is 0 Å². The number of benzene rings is 6. The van der Waals surface area contributed by atoms with Crippen molar-refractivity contribution < 1.29 is 43.9 Å². The molecule has 6 rings (SSSR count). The van der Waals surface area contributed by atoms with Crippen LogP contribution in [0.1, 0.15) is 0 Å². The van der Waals surface area contributed by atoms with Crippen molar-refractivity contribution in [3.63, 3.8) is 0 Å². The minimum atomic E-state index is -2.30. The molecule has 6 aromatic rings. The number of rotatable bonds is 3. The molecular formula is C32H12F10. The van der Waals surface area contributed by atoms with Gasteiger partial charge in [-0.15, -0.1) is 0 Å². The minimum Gasteiger partial charge on any atom is -0.203 e. The molecule has 0 radical (unpaired) electrons. The van der Waals surface area contributed by atoms with E-state index in [9.17, 15) is 35.1 Å². The van der Waals surface area contributed by atoms with Gasteiger partial charge >= 0.3 is 0 Å². The van der Waals surface area contributed by atoms with Gasteiger partial charge in [0.2, 0.25) is 11.6 Å². The average Bonchev–Trinajstić information content (AvgIpc) is 3.01. The summed E-state index contributed by atoms with van der Waals surface area (Å²) >= 11 is 0. The van der Waals surface area contributed by atoms with E-state index in [1.165, 1.54) is 36.4 Å². The molecule has 0 unspecified atom stereocenters. The summed E-state index contributed by atoms with van der Waals surface area (Å²) in [5, 5.41) is 0.884. The third-order valence-electron chi connectivity index (χ3n) is 7.06. The van der Waals surface area contributed by atoms with Crippen LogP contribution in [0.15, 0.2) is 72.8 Å². The normalized spacial score (nSPS) is 11.6. The summed E-state index contributed by atoms with van der Waals surface area (Å²) in [7, 11) is 0. The van der Waals surface area contributed by atoms with E-state index >= 15 is 8.78 Å². The Morgan fingerprint density at radius 2 is 0.500 bits per heavy atom. The first-order chi connectivity index (χ1) is 20.0. The van der Waals surface area contributed by atoms with Gasteiger partial charge in [-0.05, 0) is 38.2 Å². The van der Waals surface area contributed by atoms with Crippen LogP contribution in [0.25, 0.3) is 54.9 Å². The first-order valence-electron chi connectivity index (χ1n) is 12.1. The van der Waals surface area contributed by atoms with Gasteiger partial charge in [-0.25, -0.2) is 43.9 Å². The molecular weight excluding hydrogens is 574 g/mol. The predicted molar refractivity (Wildman–Crippen MR) is 137 cm³/mol. The Bertz CT molecular complexity index is 1970. The van der Waals surface area contributed by atoms with Crippen molar-refractivity contribution in [3.05, 3.63) is 131 Å². The van der Waals surface area contributed by atoms with Crippen LogP contribution in [0.3, 0.4) is 0 Å². The van der Waals surface area contributed by atoms with E-state index in [1.807, 2.05) is 0 Å². The minimum absolute atomic E-state index is 0.123. The summed E-state index contributed by atoms with van der Waals surface area (Å²) in [5.74, 6) is -21.1. The van der Waals surface area contributed by atoms with Crippen molar-refractivity contribution >= 4 is 21.5 Å². The molecule has 0 aliphatic carbocycles. The van der Waals surface area contributed by atoms with Crippen molar-refractivity contribution in [2.75, 3.05) is 0 Å². The first kappa shape index (κ1) is 27.3. The Morgan fingerprint density at radius 3 is 0.857 bits per heavy atom. The fraction of sp³-hybridized carbons (Fsp3) is 0. The zero-order valence-electron chi connectivity index (χ0n) is 20.7. The second-order valence-electron chi connectivity index (χ2n) is 9.31. The number of hydrogen-bond acceptors (Lipinski definition) is 0. The quantitative estimate of drug-likeness (QED) is 0.0838. The summed E-state index contributed by atoms with van der Waals surface area (Å²) in [4.78, 5) is 0. The molecule has 0 atom stereocenters. The number of fused-ring (bicyclic) bond motifs is 2. The van der Waals surface area contributed by atoms with E-state index in [1.54, 1.807) is 24.3 Å². The lowest BCUT2D eigenvalue weighted by molar-refractivity contribution is 0.381. The maximum Gasteiger partial charge on any atom is 0.200 e. The Hall–Kier alpha value is -4.86. The van der Waals surface area contributed by atoms with Gasteiger partial charge < -0.3 is 0 Å². The van der Waals surface area contributed by atoms with E-state index in [0.29, 0.717) is 21.9 Å². The molecule has 0 bridgehead atoms. The third-order valence-corrected chi connectivity index (χ3v) is 7.06. The van der Waals surface area contributed by atoms with Gasteiger partial charge in [0.05, 0.1) is 11.1 Å². The van der Waals surface area contributed by atoms with Gasteiger partial charge in [0, 0.05) is 5.56 Å². The summed E-state index contributed by atoms with van der Waals surface area (Å²) in [6.07, 6.45) is 0. The molecule has 0 aliphatic heterocycles. The Morgan fingerprint density at radius 1 is 0.238 bits per heavy atom. The van der Waals surface area contributed by atoms with Crippen LogP contribution in [0.2, 0.25) is 0 Å². The van der Waals surface area contributed by atoms with E-state index in [2.05, 4.69) is 0 Å². The Balaban J connectivity index is 1.65. The maximum absolute atomic E-state index is 15.1. The highest BCUT2D eigenvalue weighted by Crippen LogP contribution is 2.46. The fourth-order valence-electron chi connectivity index (χ4n) is 5.20. The van der Waals surface area contributed by atoms with Gasteiger partial charge in [-0.3, -0.25) is 0 Å². The predicted octanol–water partition coefficient (Wildman–Crippen LogP) is 10.4. The van der Waals surface area contributed by atoms with Crippen molar-refractivity contribution in [2.45, 2.75) is 0 Å². The van der Waals surface area contributed by atoms with Gasteiger partial charge in [0.15, 0.2) is 46.5 Å². The average molecular weight is 586 g/mol. The second kappa shape index (κ2) is 9.90. The van der Waals surface area contributed by atoms with E-state index in [-0.39, 0.29) is 21.9 Å². The molecule has 0 heterocycles. The zero-order valence-corrected chi connectivity index (χ0v) is 20.7. The molecule has 0 N–H and O–H groups in total. The van der Waals surface area contributed by atoms with Crippen molar-refractivity contribution in [3.8, 4) is 33.4 Å². The zero-order chi connectivity index (χ0) is 30.0. The smallest absolute Gasteiger partial charge is 0.200 e. The van der Waals surface area contributed by atoms with Crippen molar-refractivity contribution in [2.24, 2.45) is 0 Å². The van der Waals surface area contributed by atoms with Gasteiger partial charge in [-0.1, -0.05) is 72.8 Å². The highest BCUT2D eigenvalue weighted by atomic mass is 19.2. The van der Waals surface area contributed by atoms with Gasteiger partial charge in [0.25, 0.3) is 0 Å². The molecule has 210 valence electrons. The molecule has 6 aromatic carbocycles. The van der Waals surface area contributed by atoms with Gasteiger partial charge in [-0.2, -0.15) is 0 Å². The summed E-state index contributed by atoms with van der Waals surface area (Å²) in [5.41, 5.74) is -2.05. The lowest BCUT2D eigenvalue weighted by Crippen LogP contribution is -2.05. The SMILES string of the molecule is Fc1c(F)c(F)c(-c2ccc(-c3c4ccccc4c(-c4c(F)c(F)c(F)c(F)c4F)c4ccccc34)cc2)c(F)c1F. The van der Waals surface area contributed by atoms with Crippen LogP contribution >= 0.6 is 0 Å². The van der Waals surface area contributed by atoms with E-state index in [4.69, 9.17) is 0 Å². The van der Waals surface area contributed by atoms with E-state index < -0.39 is 69.3 Å². The fourth-order valence-corrected chi connectivity index (χ4v) is 5.20. The summed E-state index contributed by atoms with van der Waals surface area (Å²) in [6.45, 7) is 0. The molecule has 0 amide bonds. The Kier molecular flexibility index (Phi) is 6.44. The molecule has 0 saturated carbocycles. The van der Waals surface area contributed by atoms with Crippen LogP contribution in [0, 0.1) is 58.2 Å². The van der Waals surface area contributed by atoms with Crippen LogP contribution in [0.4, 0.5) is 43.9 Å². The molecule has 10 heteroatoms. The number of halogens is 10.